The maximum absolute atomic E-state index is 14.5. The molecule has 3 atom stereocenters. The maximum atomic E-state index is 14.5. The highest BCUT2D eigenvalue weighted by atomic mass is 32.1. The molecule has 2 aromatic rings. The first-order chi connectivity index (χ1) is 20.7. The predicted octanol–water partition coefficient (Wildman–Crippen LogP) is 2.50. The molecule has 4 fully saturated rings. The lowest BCUT2D eigenvalue weighted by Gasteiger charge is -2.53. The number of nitrogen functional groups attached to an aromatic ring is 1. The van der Waals surface area contributed by atoms with Gasteiger partial charge in [-0.1, -0.05) is 0 Å². The van der Waals surface area contributed by atoms with Crippen molar-refractivity contribution in [2.45, 2.75) is 68.2 Å². The number of rotatable bonds is 5. The van der Waals surface area contributed by atoms with Crippen LogP contribution in [0.15, 0.2) is 0 Å². The van der Waals surface area contributed by atoms with E-state index in [4.69, 9.17) is 25.2 Å². The normalized spacial score (nSPS) is 29.8. The summed E-state index contributed by atoms with van der Waals surface area (Å²) >= 11 is 1.51. The first-order valence-corrected chi connectivity index (χ1v) is 15.9. The number of hydrogen-bond donors (Lipinski definition) is 2. The van der Waals surface area contributed by atoms with E-state index in [0.717, 1.165) is 44.2 Å². The number of nitrogens with two attached hydrogens (primary N) is 1. The van der Waals surface area contributed by atoms with Gasteiger partial charge in [0.1, 0.15) is 41.1 Å². The Morgan fingerprint density at radius 3 is 2.65 bits per heavy atom. The summed E-state index contributed by atoms with van der Waals surface area (Å²) < 4.78 is 26.4. The summed E-state index contributed by atoms with van der Waals surface area (Å²) in [6.07, 6.45) is 4.27. The lowest BCUT2D eigenvalue weighted by Crippen LogP contribution is -2.61. The molecule has 7 rings (SSSR count). The Labute approximate surface area is 254 Å². The van der Waals surface area contributed by atoms with E-state index in [-0.39, 0.29) is 36.7 Å². The fraction of sp³-hybridized carbons (Fsp3) is 0.667. The van der Waals surface area contributed by atoms with Crippen LogP contribution in [0.3, 0.4) is 0 Å². The molecule has 1 spiro atoms. The highest BCUT2D eigenvalue weighted by molar-refractivity contribution is 7.16. The highest BCUT2D eigenvalue weighted by Crippen LogP contribution is 2.51. The number of thiophene rings is 1. The van der Waals surface area contributed by atoms with Crippen molar-refractivity contribution < 1.29 is 19.0 Å². The topological polar surface area (TPSA) is 148 Å². The van der Waals surface area contributed by atoms with Gasteiger partial charge in [-0.25, -0.2) is 4.39 Å². The molecule has 0 aromatic carbocycles. The van der Waals surface area contributed by atoms with Crippen molar-refractivity contribution in [1.29, 1.82) is 10.5 Å². The average Bonchev–Trinajstić information content (AvgIpc) is 3.55. The third-order valence-corrected chi connectivity index (χ3v) is 11.0. The number of aromatic nitrogens is 2. The zero-order chi connectivity index (χ0) is 30.0. The average molecular weight is 609 g/mol. The number of fused-ring (bicyclic) bond motifs is 3. The molecule has 3 N–H and O–H groups in total. The summed E-state index contributed by atoms with van der Waals surface area (Å²) in [5.41, 5.74) is 6.47. The van der Waals surface area contributed by atoms with E-state index >= 15 is 0 Å². The highest BCUT2D eigenvalue weighted by Gasteiger charge is 2.52. The van der Waals surface area contributed by atoms with E-state index in [0.29, 0.717) is 67.0 Å². The molecule has 13 heteroatoms. The van der Waals surface area contributed by atoms with Gasteiger partial charge in [0, 0.05) is 42.9 Å². The SMILES string of the molecule is C[C@@]1(O)COCCN(c2nc(OC[C@@]34CCCN3C[C@H](F)C4)nc(N3CC4(CCCc5sc(N)c(C#N)c54)C3)c2C#N)C1. The van der Waals surface area contributed by atoms with Crippen LogP contribution < -0.4 is 20.3 Å². The third-order valence-electron chi connectivity index (χ3n) is 9.94. The van der Waals surface area contributed by atoms with Crippen molar-refractivity contribution in [2.24, 2.45) is 0 Å². The number of ether oxygens (including phenoxy) is 2. The minimum atomic E-state index is -1.13. The van der Waals surface area contributed by atoms with Crippen LogP contribution in [0.4, 0.5) is 21.0 Å². The lowest BCUT2D eigenvalue weighted by atomic mass is 9.66. The summed E-state index contributed by atoms with van der Waals surface area (Å²) in [5, 5.41) is 31.9. The van der Waals surface area contributed by atoms with Crippen LogP contribution in [0.25, 0.3) is 0 Å². The Balaban J connectivity index is 1.24. The zero-order valence-corrected chi connectivity index (χ0v) is 25.3. The Kier molecular flexibility index (Phi) is 6.93. The molecule has 228 valence electrons. The summed E-state index contributed by atoms with van der Waals surface area (Å²) in [6, 6.07) is 4.83. The van der Waals surface area contributed by atoms with Gasteiger partial charge in [0.15, 0.2) is 11.6 Å². The Morgan fingerprint density at radius 1 is 1.12 bits per heavy atom. The van der Waals surface area contributed by atoms with Crippen LogP contribution in [-0.2, 0) is 16.6 Å². The molecule has 4 aliphatic heterocycles. The van der Waals surface area contributed by atoms with E-state index in [1.54, 1.807) is 6.92 Å². The molecule has 0 bridgehead atoms. The van der Waals surface area contributed by atoms with E-state index in [9.17, 15) is 20.0 Å². The zero-order valence-electron chi connectivity index (χ0n) is 24.4. The van der Waals surface area contributed by atoms with Gasteiger partial charge in [-0.2, -0.15) is 20.5 Å². The largest absolute Gasteiger partial charge is 0.461 e. The Morgan fingerprint density at radius 2 is 1.88 bits per heavy atom. The molecule has 0 unspecified atom stereocenters. The van der Waals surface area contributed by atoms with Crippen LogP contribution in [-0.4, -0.2) is 96.4 Å². The van der Waals surface area contributed by atoms with Gasteiger partial charge >= 0.3 is 6.01 Å². The fourth-order valence-electron chi connectivity index (χ4n) is 8.08. The maximum Gasteiger partial charge on any atom is 0.320 e. The fourth-order valence-corrected chi connectivity index (χ4v) is 9.26. The smallest absolute Gasteiger partial charge is 0.320 e. The van der Waals surface area contributed by atoms with Crippen LogP contribution >= 0.6 is 11.3 Å². The second-order valence-electron chi connectivity index (χ2n) is 13.2. The van der Waals surface area contributed by atoms with Crippen LogP contribution in [0.2, 0.25) is 0 Å². The third kappa shape index (κ3) is 4.78. The van der Waals surface area contributed by atoms with Crippen LogP contribution in [0, 0.1) is 22.7 Å². The van der Waals surface area contributed by atoms with E-state index in [1.807, 2.05) is 4.90 Å². The van der Waals surface area contributed by atoms with Gasteiger partial charge < -0.3 is 30.1 Å². The number of halogens is 1. The van der Waals surface area contributed by atoms with Gasteiger partial charge in [-0.3, -0.25) is 4.90 Å². The molecule has 1 aliphatic carbocycles. The minimum Gasteiger partial charge on any atom is -0.461 e. The summed E-state index contributed by atoms with van der Waals surface area (Å²) in [7, 11) is 0. The van der Waals surface area contributed by atoms with E-state index in [2.05, 4.69) is 21.9 Å². The van der Waals surface area contributed by atoms with Gasteiger partial charge in [-0.15, -0.1) is 11.3 Å². The number of β-amino-alcohol motifs (C(OH)–C–C–N with tert-alkyl or cyclic N) is 1. The monoisotopic (exact) mass is 608 g/mol. The first-order valence-electron chi connectivity index (χ1n) is 15.1. The second-order valence-corrected chi connectivity index (χ2v) is 14.4. The molecule has 0 saturated carbocycles. The van der Waals surface area contributed by atoms with Crippen molar-refractivity contribution in [2.75, 3.05) is 74.6 Å². The molecular weight excluding hydrogens is 571 g/mol. The van der Waals surface area contributed by atoms with Crippen molar-refractivity contribution in [3.8, 4) is 18.1 Å². The summed E-state index contributed by atoms with van der Waals surface area (Å²) in [5.74, 6) is 0.869. The predicted molar refractivity (Wildman–Crippen MR) is 159 cm³/mol. The molecule has 11 nitrogen and oxygen atoms in total. The number of nitrogens with zero attached hydrogens (tertiary/aromatic N) is 7. The molecule has 0 radical (unpaired) electrons. The number of aryl methyl sites for hydroxylation is 1. The van der Waals surface area contributed by atoms with Crippen molar-refractivity contribution in [3.05, 3.63) is 21.6 Å². The molecule has 6 heterocycles. The van der Waals surface area contributed by atoms with Crippen molar-refractivity contribution in [3.63, 3.8) is 0 Å². The number of alkyl halides is 1. The van der Waals surface area contributed by atoms with Crippen LogP contribution in [0.1, 0.15) is 60.6 Å². The number of anilines is 3. The molecular formula is C30H37FN8O3S. The Bertz CT molecular complexity index is 1510. The van der Waals surface area contributed by atoms with Crippen molar-refractivity contribution >= 4 is 28.0 Å². The van der Waals surface area contributed by atoms with E-state index in [1.165, 1.54) is 16.2 Å². The molecule has 4 saturated heterocycles. The van der Waals surface area contributed by atoms with Crippen molar-refractivity contribution in [1.82, 2.24) is 14.9 Å². The summed E-state index contributed by atoms with van der Waals surface area (Å²) in [6.45, 7) is 5.66. The standard InChI is InChI=1S/C30H37FN8O3S/c1-28(40)14-37(8-9-41-17-28)25-21(12-33)26(36-27(35-25)42-18-30-6-3-7-39(30)13-19(31)10-30)38-15-29(16-38)5-2-4-22-23(29)20(11-32)24(34)43-22/h19,40H,2-10,13-18,34H2,1H3/t19-,28+,30+/m1/s1. The number of nitriles is 2. The molecule has 43 heavy (non-hydrogen) atoms. The second kappa shape index (κ2) is 10.4. The number of hydrogen-bond acceptors (Lipinski definition) is 12. The first kappa shape index (κ1) is 28.5. The van der Waals surface area contributed by atoms with Crippen LogP contribution in [0.5, 0.6) is 6.01 Å². The molecule has 2 aromatic heterocycles. The van der Waals surface area contributed by atoms with E-state index < -0.39 is 11.8 Å². The number of aliphatic hydroxyl groups is 1. The van der Waals surface area contributed by atoms with Gasteiger partial charge in [-0.05, 0) is 51.1 Å². The molecule has 5 aliphatic rings. The van der Waals surface area contributed by atoms with Gasteiger partial charge in [0.25, 0.3) is 0 Å². The van der Waals surface area contributed by atoms with Gasteiger partial charge in [0.05, 0.1) is 30.9 Å². The Hall–Kier alpha value is -3.23. The minimum absolute atomic E-state index is 0.139. The quantitative estimate of drug-likeness (QED) is 0.516. The lowest BCUT2D eigenvalue weighted by molar-refractivity contribution is -0.0123. The summed E-state index contributed by atoms with van der Waals surface area (Å²) in [4.78, 5) is 16.9. The van der Waals surface area contributed by atoms with Gasteiger partial charge in [0.2, 0.25) is 0 Å². The molecule has 0 amide bonds.